The van der Waals surface area contributed by atoms with Crippen molar-refractivity contribution in [3.8, 4) is 23.0 Å². The van der Waals surface area contributed by atoms with Gasteiger partial charge < -0.3 is 33.7 Å². The molecule has 1 unspecified atom stereocenters. The molecule has 0 spiro atoms. The number of likely N-dealkylation sites (tertiary alicyclic amines) is 1. The summed E-state index contributed by atoms with van der Waals surface area (Å²) in [5.74, 6) is 0.134. The maximum Gasteiger partial charge on any atom is 0.295 e. The van der Waals surface area contributed by atoms with Crippen LogP contribution in [0.1, 0.15) is 29.2 Å². The van der Waals surface area contributed by atoms with Crippen molar-refractivity contribution >= 4 is 17.4 Å². The topological polar surface area (TPSA) is 107 Å². The average Bonchev–Trinajstić information content (AvgIpc) is 3.21. The van der Waals surface area contributed by atoms with E-state index in [0.29, 0.717) is 60.3 Å². The lowest BCUT2D eigenvalue weighted by molar-refractivity contribution is -0.140. The first-order chi connectivity index (χ1) is 18.8. The molecule has 2 aliphatic heterocycles. The molecule has 10 heteroatoms. The molecule has 210 valence electrons. The Morgan fingerprint density at radius 1 is 0.923 bits per heavy atom. The summed E-state index contributed by atoms with van der Waals surface area (Å²) in [6.07, 6.45) is 0.648. The summed E-state index contributed by atoms with van der Waals surface area (Å²) in [6.45, 7) is 5.93. The van der Waals surface area contributed by atoms with Crippen molar-refractivity contribution in [1.82, 2.24) is 9.80 Å². The lowest BCUT2D eigenvalue weighted by atomic mass is 9.94. The number of amides is 1. The van der Waals surface area contributed by atoms with E-state index in [9.17, 15) is 14.7 Å². The van der Waals surface area contributed by atoms with E-state index in [0.717, 1.165) is 25.2 Å². The predicted molar refractivity (Wildman–Crippen MR) is 145 cm³/mol. The zero-order valence-electron chi connectivity index (χ0n) is 23.1. The number of hydrogen-bond donors (Lipinski definition) is 1. The summed E-state index contributed by atoms with van der Waals surface area (Å²) in [4.78, 5) is 30.7. The number of methoxy groups -OCH3 is 4. The quantitative estimate of drug-likeness (QED) is 0.276. The zero-order valence-corrected chi connectivity index (χ0v) is 23.1. The van der Waals surface area contributed by atoms with Crippen LogP contribution in [-0.4, -0.2) is 94.4 Å². The highest BCUT2D eigenvalue weighted by Crippen LogP contribution is 2.46. The average molecular weight is 541 g/mol. The number of Topliss-reactive ketones (excluding diaryl/α,β-unsaturated/α-hetero) is 1. The molecule has 0 aromatic heterocycles. The maximum atomic E-state index is 13.5. The smallest absolute Gasteiger partial charge is 0.295 e. The van der Waals surface area contributed by atoms with Gasteiger partial charge in [0.25, 0.3) is 11.7 Å². The number of aliphatic hydroxyl groups excluding tert-OH is 1. The van der Waals surface area contributed by atoms with Gasteiger partial charge in [0, 0.05) is 31.7 Å². The molecule has 4 rings (SSSR count). The van der Waals surface area contributed by atoms with Gasteiger partial charge >= 0.3 is 0 Å². The van der Waals surface area contributed by atoms with Crippen molar-refractivity contribution in [2.24, 2.45) is 0 Å². The van der Waals surface area contributed by atoms with Gasteiger partial charge in [0.1, 0.15) is 11.5 Å². The van der Waals surface area contributed by atoms with Gasteiger partial charge in [-0.15, -0.1) is 0 Å². The number of carbonyl (C=O) groups is 2. The lowest BCUT2D eigenvalue weighted by Gasteiger charge is -2.29. The molecule has 2 aromatic carbocycles. The molecule has 2 saturated heterocycles. The molecule has 1 atom stereocenters. The van der Waals surface area contributed by atoms with Gasteiger partial charge in [-0.25, -0.2) is 0 Å². The molecular weight excluding hydrogens is 504 g/mol. The van der Waals surface area contributed by atoms with Gasteiger partial charge in [-0.1, -0.05) is 0 Å². The normalized spacial score (nSPS) is 19.3. The van der Waals surface area contributed by atoms with Crippen LogP contribution in [0.3, 0.4) is 0 Å². The fraction of sp³-hybridized carbons (Fsp3) is 0.448. The SMILES string of the molecule is COc1ccc(C(O)=C2C(=O)C(=O)N(CCCN3CCOCC3)C2c2cc(OC)c(OC)c(OC)c2)cc1C. The van der Waals surface area contributed by atoms with E-state index in [-0.39, 0.29) is 11.3 Å². The summed E-state index contributed by atoms with van der Waals surface area (Å²) < 4.78 is 27.3. The highest BCUT2D eigenvalue weighted by molar-refractivity contribution is 6.46. The second-order valence-electron chi connectivity index (χ2n) is 9.44. The third-order valence-corrected chi connectivity index (χ3v) is 7.19. The molecule has 10 nitrogen and oxygen atoms in total. The van der Waals surface area contributed by atoms with Crippen LogP contribution in [0.2, 0.25) is 0 Å². The number of nitrogens with zero attached hydrogens (tertiary/aromatic N) is 2. The van der Waals surface area contributed by atoms with Crippen molar-refractivity contribution in [3.63, 3.8) is 0 Å². The Balaban J connectivity index is 1.80. The fourth-order valence-corrected chi connectivity index (χ4v) is 5.19. The number of benzene rings is 2. The molecule has 39 heavy (non-hydrogen) atoms. The Kier molecular flexibility index (Phi) is 8.98. The number of hydrogen-bond acceptors (Lipinski definition) is 9. The lowest BCUT2D eigenvalue weighted by Crippen LogP contribution is -2.39. The van der Waals surface area contributed by atoms with E-state index in [1.165, 1.54) is 26.2 Å². The van der Waals surface area contributed by atoms with Crippen LogP contribution in [0.5, 0.6) is 23.0 Å². The highest BCUT2D eigenvalue weighted by Gasteiger charge is 2.46. The third kappa shape index (κ3) is 5.67. The summed E-state index contributed by atoms with van der Waals surface area (Å²) in [7, 11) is 6.07. The second-order valence-corrected chi connectivity index (χ2v) is 9.44. The number of rotatable bonds is 10. The molecule has 2 aromatic rings. The molecule has 2 fully saturated rings. The minimum Gasteiger partial charge on any atom is -0.507 e. The van der Waals surface area contributed by atoms with E-state index in [1.807, 2.05) is 6.92 Å². The van der Waals surface area contributed by atoms with Crippen molar-refractivity contribution < 1.29 is 38.4 Å². The standard InChI is InChI=1S/C29H36N2O8/c1-18-15-19(7-8-21(18)35-2)26(32)24-25(20-16-22(36-3)28(38-5)23(17-20)37-4)31(29(34)27(24)33)10-6-9-30-11-13-39-14-12-30/h7-8,15-17,25,32H,6,9-14H2,1-5H3. The maximum absolute atomic E-state index is 13.5. The van der Waals surface area contributed by atoms with Crippen LogP contribution in [0.25, 0.3) is 5.76 Å². The Morgan fingerprint density at radius 3 is 2.13 bits per heavy atom. The molecule has 2 heterocycles. The van der Waals surface area contributed by atoms with Crippen molar-refractivity contribution in [1.29, 1.82) is 0 Å². The van der Waals surface area contributed by atoms with Crippen molar-refractivity contribution in [3.05, 3.63) is 52.6 Å². The van der Waals surface area contributed by atoms with Crippen LogP contribution in [0.15, 0.2) is 35.9 Å². The molecule has 0 bridgehead atoms. The molecular formula is C29H36N2O8. The fourth-order valence-electron chi connectivity index (χ4n) is 5.19. The van der Waals surface area contributed by atoms with Gasteiger partial charge in [0.15, 0.2) is 11.5 Å². The third-order valence-electron chi connectivity index (χ3n) is 7.19. The molecule has 0 radical (unpaired) electrons. The minimum absolute atomic E-state index is 0.00483. The molecule has 0 saturated carbocycles. The number of aryl methyl sites for hydroxylation is 1. The second kappa shape index (κ2) is 12.4. The predicted octanol–water partition coefficient (Wildman–Crippen LogP) is 3.17. The van der Waals surface area contributed by atoms with Crippen LogP contribution < -0.4 is 18.9 Å². The molecule has 1 amide bonds. The number of ketones is 1. The largest absolute Gasteiger partial charge is 0.507 e. The van der Waals surface area contributed by atoms with Gasteiger partial charge in [-0.3, -0.25) is 14.5 Å². The van der Waals surface area contributed by atoms with E-state index in [4.69, 9.17) is 23.7 Å². The Bertz CT molecular complexity index is 1230. The summed E-state index contributed by atoms with van der Waals surface area (Å²) in [6, 6.07) is 7.67. The summed E-state index contributed by atoms with van der Waals surface area (Å²) in [5, 5.41) is 11.5. The number of aliphatic hydroxyl groups is 1. The monoisotopic (exact) mass is 540 g/mol. The molecule has 2 aliphatic rings. The number of morpholine rings is 1. The Hall–Kier alpha value is -3.76. The summed E-state index contributed by atoms with van der Waals surface area (Å²) in [5.41, 5.74) is 1.76. The van der Waals surface area contributed by atoms with Gasteiger partial charge in [-0.2, -0.15) is 0 Å². The van der Waals surface area contributed by atoms with Crippen molar-refractivity contribution in [2.75, 3.05) is 67.8 Å². The minimum atomic E-state index is -0.856. The van der Waals surface area contributed by atoms with Crippen LogP contribution in [0.4, 0.5) is 0 Å². The first-order valence-electron chi connectivity index (χ1n) is 12.9. The highest BCUT2D eigenvalue weighted by atomic mass is 16.5. The first-order valence-corrected chi connectivity index (χ1v) is 12.9. The van der Waals surface area contributed by atoms with E-state index in [2.05, 4.69) is 4.90 Å². The van der Waals surface area contributed by atoms with Gasteiger partial charge in [0.2, 0.25) is 5.75 Å². The van der Waals surface area contributed by atoms with E-state index >= 15 is 0 Å². The molecule has 0 aliphatic carbocycles. The van der Waals surface area contributed by atoms with Crippen LogP contribution >= 0.6 is 0 Å². The molecule has 1 N–H and O–H groups in total. The van der Waals surface area contributed by atoms with Crippen LogP contribution in [-0.2, 0) is 14.3 Å². The van der Waals surface area contributed by atoms with E-state index in [1.54, 1.807) is 37.4 Å². The summed E-state index contributed by atoms with van der Waals surface area (Å²) >= 11 is 0. The van der Waals surface area contributed by atoms with E-state index < -0.39 is 17.7 Å². The number of ether oxygens (including phenoxy) is 5. The number of carbonyl (C=O) groups excluding carboxylic acids is 2. The Morgan fingerprint density at radius 2 is 1.56 bits per heavy atom. The zero-order chi connectivity index (χ0) is 28.1. The van der Waals surface area contributed by atoms with Crippen molar-refractivity contribution in [2.45, 2.75) is 19.4 Å². The Labute approximate surface area is 228 Å². The van der Waals surface area contributed by atoms with Gasteiger partial charge in [-0.05, 0) is 54.8 Å². The van der Waals surface area contributed by atoms with Gasteiger partial charge in [0.05, 0.1) is 53.3 Å². The van der Waals surface area contributed by atoms with Crippen LogP contribution in [0, 0.1) is 6.92 Å². The first kappa shape index (κ1) is 28.3.